The van der Waals surface area contributed by atoms with Gasteiger partial charge < -0.3 is 10.2 Å². The number of hydrogen-bond acceptors (Lipinski definition) is 2. The van der Waals surface area contributed by atoms with Gasteiger partial charge in [0.25, 0.3) is 0 Å². The van der Waals surface area contributed by atoms with Crippen molar-refractivity contribution in [2.24, 2.45) is 17.3 Å². The van der Waals surface area contributed by atoms with Crippen LogP contribution in [0.5, 0.6) is 11.5 Å². The van der Waals surface area contributed by atoms with Crippen LogP contribution in [0.15, 0.2) is 36.4 Å². The highest BCUT2D eigenvalue weighted by molar-refractivity contribution is 6.10. The zero-order chi connectivity index (χ0) is 27.8. The molecule has 3 rings (SSSR count). The van der Waals surface area contributed by atoms with E-state index in [9.17, 15) is 10.2 Å². The first-order chi connectivity index (χ1) is 17.0. The van der Waals surface area contributed by atoms with Crippen molar-refractivity contribution in [3.05, 3.63) is 47.5 Å². The Kier molecular flexibility index (Phi) is 8.62. The average molecular weight is 505 g/mol. The largest absolute Gasteiger partial charge is 0.507 e. The quantitative estimate of drug-likeness (QED) is 0.213. The molecule has 0 aliphatic rings. The third-order valence-electron chi connectivity index (χ3n) is 9.12. The molecule has 0 amide bonds. The van der Waals surface area contributed by atoms with E-state index in [1.54, 1.807) is 0 Å². The second-order valence-electron chi connectivity index (χ2n) is 14.4. The fourth-order valence-corrected chi connectivity index (χ4v) is 5.55. The van der Waals surface area contributed by atoms with E-state index >= 15 is 0 Å². The van der Waals surface area contributed by atoms with E-state index in [-0.39, 0.29) is 22.3 Å². The Hall–Kier alpha value is -2.22. The van der Waals surface area contributed by atoms with Crippen molar-refractivity contribution in [3.8, 4) is 11.5 Å². The molecule has 0 aliphatic carbocycles. The molecule has 3 aromatic carbocycles. The van der Waals surface area contributed by atoms with E-state index in [0.717, 1.165) is 34.4 Å². The summed E-state index contributed by atoms with van der Waals surface area (Å²) in [5, 5.41) is 25.6. The molecule has 2 heteroatoms. The summed E-state index contributed by atoms with van der Waals surface area (Å²) in [5.41, 5.74) is 2.75. The Labute approximate surface area is 226 Å². The summed E-state index contributed by atoms with van der Waals surface area (Å²) in [6.07, 6.45) is 6.99. The van der Waals surface area contributed by atoms with Gasteiger partial charge in [-0.05, 0) is 64.2 Å². The van der Waals surface area contributed by atoms with Gasteiger partial charge in [-0.2, -0.15) is 0 Å². The van der Waals surface area contributed by atoms with Crippen LogP contribution in [0.1, 0.15) is 119 Å². The molecule has 0 aliphatic heterocycles. The molecule has 1 atom stereocenters. The van der Waals surface area contributed by atoms with Crippen molar-refractivity contribution < 1.29 is 10.2 Å². The van der Waals surface area contributed by atoms with Crippen LogP contribution in [-0.2, 0) is 10.8 Å². The molecular weight excluding hydrogens is 452 g/mol. The molecule has 0 aromatic heterocycles. The maximum atomic E-state index is 11.5. The molecule has 3 aromatic rings. The summed E-state index contributed by atoms with van der Waals surface area (Å²) in [5.74, 6) is 1.92. The van der Waals surface area contributed by atoms with Crippen molar-refractivity contribution in [1.29, 1.82) is 0 Å². The SMILES string of the molecule is CC(C)CCCC(C)(C)c1ccc2c(O)c3ccc(C(C)(C)CCCC(C)C(C)(C)C)cc3c(O)c2c1. The molecule has 37 heavy (non-hydrogen) atoms. The number of aromatic hydroxyl groups is 2. The normalized spacial score (nSPS) is 14.1. The van der Waals surface area contributed by atoms with Gasteiger partial charge in [0, 0.05) is 21.5 Å². The second kappa shape index (κ2) is 10.9. The van der Waals surface area contributed by atoms with Crippen LogP contribution in [0, 0.1) is 17.3 Å². The number of fused-ring (bicyclic) bond motifs is 2. The Bertz CT molecular complexity index is 1220. The van der Waals surface area contributed by atoms with E-state index in [1.807, 2.05) is 12.1 Å². The van der Waals surface area contributed by atoms with Crippen molar-refractivity contribution >= 4 is 21.5 Å². The summed E-state index contributed by atoms with van der Waals surface area (Å²) >= 11 is 0. The van der Waals surface area contributed by atoms with Crippen molar-refractivity contribution in [1.82, 2.24) is 0 Å². The minimum absolute atomic E-state index is 0.00806. The lowest BCUT2D eigenvalue weighted by Gasteiger charge is -2.30. The molecule has 0 saturated heterocycles. The highest BCUT2D eigenvalue weighted by Gasteiger charge is 2.26. The van der Waals surface area contributed by atoms with Crippen LogP contribution < -0.4 is 0 Å². The predicted molar refractivity (Wildman–Crippen MR) is 162 cm³/mol. The third-order valence-corrected chi connectivity index (χ3v) is 9.12. The standard InChI is InChI=1S/C35H52O2/c1-23(2)13-11-19-34(7,8)25-15-17-27-29(21-25)32(37)30-22-26(16-18-28(30)31(27)36)35(9,10)20-12-14-24(3)33(4,5)6/h15-18,21-24,36-37H,11-14,19-20H2,1-10H3. The molecule has 2 N–H and O–H groups in total. The van der Waals surface area contributed by atoms with E-state index in [2.05, 4.69) is 93.5 Å². The fraction of sp³-hybridized carbons (Fsp3) is 0.600. The second-order valence-corrected chi connectivity index (χ2v) is 14.4. The van der Waals surface area contributed by atoms with E-state index in [0.29, 0.717) is 17.3 Å². The lowest BCUT2D eigenvalue weighted by Crippen LogP contribution is -2.20. The molecular formula is C35H52O2. The molecule has 0 heterocycles. The summed E-state index contributed by atoms with van der Waals surface area (Å²) in [4.78, 5) is 0. The molecule has 2 nitrogen and oxygen atoms in total. The van der Waals surface area contributed by atoms with Gasteiger partial charge in [0.05, 0.1) is 0 Å². The predicted octanol–water partition coefficient (Wildman–Crippen LogP) is 10.6. The van der Waals surface area contributed by atoms with Crippen molar-refractivity contribution in [2.45, 2.75) is 119 Å². The maximum Gasteiger partial charge on any atom is 0.131 e. The van der Waals surface area contributed by atoms with Crippen LogP contribution >= 0.6 is 0 Å². The summed E-state index contributed by atoms with van der Waals surface area (Å²) < 4.78 is 0. The number of phenolic OH excluding ortho intramolecular Hbond substituents is 2. The lowest BCUT2D eigenvalue weighted by molar-refractivity contribution is 0.235. The van der Waals surface area contributed by atoms with Crippen LogP contribution in [-0.4, -0.2) is 10.2 Å². The van der Waals surface area contributed by atoms with Gasteiger partial charge in [-0.15, -0.1) is 0 Å². The molecule has 0 saturated carbocycles. The van der Waals surface area contributed by atoms with Crippen LogP contribution in [0.25, 0.3) is 21.5 Å². The van der Waals surface area contributed by atoms with E-state index in [1.165, 1.54) is 36.8 Å². The van der Waals surface area contributed by atoms with E-state index < -0.39 is 0 Å². The monoisotopic (exact) mass is 504 g/mol. The van der Waals surface area contributed by atoms with Gasteiger partial charge >= 0.3 is 0 Å². The van der Waals surface area contributed by atoms with Crippen LogP contribution in [0.3, 0.4) is 0 Å². The maximum absolute atomic E-state index is 11.5. The number of hydrogen-bond donors (Lipinski definition) is 2. The first kappa shape index (κ1) is 29.3. The first-order valence-corrected chi connectivity index (χ1v) is 14.5. The highest BCUT2D eigenvalue weighted by Crippen LogP contribution is 2.45. The molecule has 0 bridgehead atoms. The Morgan fingerprint density at radius 1 is 0.595 bits per heavy atom. The lowest BCUT2D eigenvalue weighted by atomic mass is 9.75. The van der Waals surface area contributed by atoms with Crippen LogP contribution in [0.4, 0.5) is 0 Å². The van der Waals surface area contributed by atoms with Crippen molar-refractivity contribution in [3.63, 3.8) is 0 Å². The highest BCUT2D eigenvalue weighted by atomic mass is 16.3. The third kappa shape index (κ3) is 6.62. The van der Waals surface area contributed by atoms with Gasteiger partial charge in [0.15, 0.2) is 0 Å². The Balaban J connectivity index is 1.96. The molecule has 0 radical (unpaired) electrons. The van der Waals surface area contributed by atoms with Gasteiger partial charge in [0.1, 0.15) is 11.5 Å². The molecule has 0 fully saturated rings. The van der Waals surface area contributed by atoms with E-state index in [4.69, 9.17) is 0 Å². The summed E-state index contributed by atoms with van der Waals surface area (Å²) in [6, 6.07) is 12.4. The topological polar surface area (TPSA) is 40.5 Å². The minimum atomic E-state index is -0.0108. The Morgan fingerprint density at radius 3 is 1.41 bits per heavy atom. The smallest absolute Gasteiger partial charge is 0.131 e. The Morgan fingerprint density at radius 2 is 1.00 bits per heavy atom. The summed E-state index contributed by atoms with van der Waals surface area (Å²) in [7, 11) is 0. The molecule has 0 spiro atoms. The van der Waals surface area contributed by atoms with Gasteiger partial charge in [-0.3, -0.25) is 0 Å². The van der Waals surface area contributed by atoms with Crippen LogP contribution in [0.2, 0.25) is 0 Å². The van der Waals surface area contributed by atoms with Gasteiger partial charge in [0.2, 0.25) is 0 Å². The fourth-order valence-electron chi connectivity index (χ4n) is 5.55. The average Bonchev–Trinajstić information content (AvgIpc) is 2.80. The molecule has 204 valence electrons. The number of benzene rings is 3. The minimum Gasteiger partial charge on any atom is -0.507 e. The zero-order valence-corrected chi connectivity index (χ0v) is 25.3. The van der Waals surface area contributed by atoms with Gasteiger partial charge in [-0.25, -0.2) is 0 Å². The number of rotatable bonds is 10. The van der Waals surface area contributed by atoms with Gasteiger partial charge in [-0.1, -0.05) is 119 Å². The summed E-state index contributed by atoms with van der Waals surface area (Å²) in [6.45, 7) is 23.0. The number of phenols is 2. The molecule has 1 unspecified atom stereocenters. The van der Waals surface area contributed by atoms with Crippen molar-refractivity contribution in [2.75, 3.05) is 0 Å². The first-order valence-electron chi connectivity index (χ1n) is 14.5. The zero-order valence-electron chi connectivity index (χ0n) is 25.3.